The molecule has 0 amide bonds. The summed E-state index contributed by atoms with van der Waals surface area (Å²) < 4.78 is 0. The first-order valence-corrected chi connectivity index (χ1v) is 4.83. The zero-order valence-corrected chi connectivity index (χ0v) is 9.15. The van der Waals surface area contributed by atoms with Crippen molar-refractivity contribution in [2.24, 2.45) is 11.8 Å². The van der Waals surface area contributed by atoms with Gasteiger partial charge in [0, 0.05) is 0 Å². The van der Waals surface area contributed by atoms with Crippen molar-refractivity contribution in [1.29, 1.82) is 0 Å². The van der Waals surface area contributed by atoms with Gasteiger partial charge in [0.1, 0.15) is 0 Å². The number of hydrogen-bond donors (Lipinski definition) is 4. The molecule has 0 aromatic rings. The van der Waals surface area contributed by atoms with Gasteiger partial charge in [-0.2, -0.15) is 0 Å². The van der Waals surface area contributed by atoms with Crippen LogP contribution in [0.2, 0.25) is 0 Å². The van der Waals surface area contributed by atoms with Gasteiger partial charge >= 0.3 is 23.9 Å². The Balaban J connectivity index is 4.41. The molecule has 4 N–H and O–H groups in total. The van der Waals surface area contributed by atoms with Gasteiger partial charge in [0.15, 0.2) is 11.8 Å². The smallest absolute Gasteiger partial charge is 0.318 e. The standard InChI is InChI=1S/C10H12O8/c11-7(12)5(8(13)14)3-1-2-4-6(9(15)16)10(17)18/h1-2,5-6H,3-4H2,(H,11,12)(H,13,14)(H,15,16)(H,17,18)/b2-1+. The minimum absolute atomic E-state index is 0.337. The second-order valence-electron chi connectivity index (χ2n) is 3.40. The maximum atomic E-state index is 10.5. The van der Waals surface area contributed by atoms with Crippen LogP contribution in [0.4, 0.5) is 0 Å². The lowest BCUT2D eigenvalue weighted by Crippen LogP contribution is -2.23. The largest absolute Gasteiger partial charge is 0.481 e. The Bertz CT molecular complexity index is 319. The van der Waals surface area contributed by atoms with Crippen LogP contribution in [0.25, 0.3) is 0 Å². The van der Waals surface area contributed by atoms with E-state index in [9.17, 15) is 19.2 Å². The molecule has 0 aromatic heterocycles. The van der Waals surface area contributed by atoms with Gasteiger partial charge in [-0.05, 0) is 12.8 Å². The van der Waals surface area contributed by atoms with Gasteiger partial charge in [-0.3, -0.25) is 19.2 Å². The molecule has 8 nitrogen and oxygen atoms in total. The van der Waals surface area contributed by atoms with Crippen LogP contribution in [-0.2, 0) is 19.2 Å². The lowest BCUT2D eigenvalue weighted by molar-refractivity contribution is -0.156. The second-order valence-corrected chi connectivity index (χ2v) is 3.40. The molecule has 0 fully saturated rings. The molecular formula is C10H12O8. The average Bonchev–Trinajstić information content (AvgIpc) is 2.20. The van der Waals surface area contributed by atoms with Crippen molar-refractivity contribution < 1.29 is 39.6 Å². The van der Waals surface area contributed by atoms with Crippen LogP contribution in [0.5, 0.6) is 0 Å². The summed E-state index contributed by atoms with van der Waals surface area (Å²) in [5, 5.41) is 34.1. The summed E-state index contributed by atoms with van der Waals surface area (Å²) in [6.45, 7) is 0. The van der Waals surface area contributed by atoms with Crippen LogP contribution in [0.3, 0.4) is 0 Å². The highest BCUT2D eigenvalue weighted by molar-refractivity contribution is 5.93. The second kappa shape index (κ2) is 7.05. The third-order valence-electron chi connectivity index (χ3n) is 2.10. The van der Waals surface area contributed by atoms with Crippen molar-refractivity contribution in [1.82, 2.24) is 0 Å². The van der Waals surface area contributed by atoms with Crippen molar-refractivity contribution in [3.63, 3.8) is 0 Å². The Kier molecular flexibility index (Phi) is 6.11. The maximum absolute atomic E-state index is 10.5. The van der Waals surface area contributed by atoms with Gasteiger partial charge in [-0.15, -0.1) is 0 Å². The fourth-order valence-corrected chi connectivity index (χ4v) is 1.08. The molecule has 0 saturated heterocycles. The third kappa shape index (κ3) is 5.10. The molecule has 0 aromatic carbocycles. The van der Waals surface area contributed by atoms with Crippen molar-refractivity contribution in [2.45, 2.75) is 12.8 Å². The Hall–Kier alpha value is -2.38. The highest BCUT2D eigenvalue weighted by Crippen LogP contribution is 2.09. The first-order chi connectivity index (χ1) is 8.27. The molecule has 0 aliphatic heterocycles. The molecule has 0 heterocycles. The van der Waals surface area contributed by atoms with E-state index in [0.717, 1.165) is 12.2 Å². The monoisotopic (exact) mass is 260 g/mol. The van der Waals surface area contributed by atoms with E-state index in [1.165, 1.54) is 0 Å². The lowest BCUT2D eigenvalue weighted by atomic mass is 10.0. The highest BCUT2D eigenvalue weighted by atomic mass is 16.4. The number of aliphatic carboxylic acids is 4. The summed E-state index contributed by atoms with van der Waals surface area (Å²) in [6.07, 6.45) is 1.62. The fourth-order valence-electron chi connectivity index (χ4n) is 1.08. The normalized spacial score (nSPS) is 11.0. The van der Waals surface area contributed by atoms with E-state index in [-0.39, 0.29) is 12.8 Å². The number of rotatable bonds is 8. The van der Waals surface area contributed by atoms with Crippen LogP contribution < -0.4 is 0 Å². The number of carbonyl (C=O) groups is 4. The van der Waals surface area contributed by atoms with Gasteiger partial charge in [0.2, 0.25) is 0 Å². The van der Waals surface area contributed by atoms with Crippen LogP contribution in [0.1, 0.15) is 12.8 Å². The van der Waals surface area contributed by atoms with E-state index in [1.54, 1.807) is 0 Å². The zero-order valence-electron chi connectivity index (χ0n) is 9.15. The molecule has 0 unspecified atom stereocenters. The number of hydrogen-bond acceptors (Lipinski definition) is 4. The summed E-state index contributed by atoms with van der Waals surface area (Å²) in [7, 11) is 0. The summed E-state index contributed by atoms with van der Waals surface area (Å²) in [5.74, 6) is -9.32. The molecular weight excluding hydrogens is 248 g/mol. The molecule has 0 saturated carbocycles. The molecule has 0 bridgehead atoms. The van der Waals surface area contributed by atoms with Gasteiger partial charge in [0.05, 0.1) is 0 Å². The molecule has 0 radical (unpaired) electrons. The van der Waals surface area contributed by atoms with Crippen molar-refractivity contribution in [2.75, 3.05) is 0 Å². The summed E-state index contributed by atoms with van der Waals surface area (Å²) in [5.41, 5.74) is 0. The minimum atomic E-state index is -1.63. The molecule has 18 heavy (non-hydrogen) atoms. The predicted octanol–water partition coefficient (Wildman–Crippen LogP) is -0.106. The van der Waals surface area contributed by atoms with E-state index in [0.29, 0.717) is 0 Å². The Morgan fingerprint density at radius 3 is 1.06 bits per heavy atom. The van der Waals surface area contributed by atoms with Gasteiger partial charge in [-0.25, -0.2) is 0 Å². The lowest BCUT2D eigenvalue weighted by Gasteiger charge is -2.04. The van der Waals surface area contributed by atoms with Crippen molar-refractivity contribution in [3.05, 3.63) is 12.2 Å². The van der Waals surface area contributed by atoms with Gasteiger partial charge in [0.25, 0.3) is 0 Å². The Labute approximate surface area is 101 Å². The van der Waals surface area contributed by atoms with E-state index in [2.05, 4.69) is 0 Å². The van der Waals surface area contributed by atoms with Crippen LogP contribution in [-0.4, -0.2) is 44.3 Å². The highest BCUT2D eigenvalue weighted by Gasteiger charge is 2.25. The molecule has 0 aliphatic carbocycles. The van der Waals surface area contributed by atoms with Gasteiger partial charge < -0.3 is 20.4 Å². The molecule has 0 rings (SSSR count). The summed E-state index contributed by atoms with van der Waals surface area (Å²) >= 11 is 0. The van der Waals surface area contributed by atoms with E-state index >= 15 is 0 Å². The average molecular weight is 260 g/mol. The zero-order chi connectivity index (χ0) is 14.3. The SMILES string of the molecule is O=C(O)C(C/C=C/CC(C(=O)O)C(=O)O)C(=O)O. The topological polar surface area (TPSA) is 149 Å². The van der Waals surface area contributed by atoms with E-state index < -0.39 is 35.7 Å². The fraction of sp³-hybridized carbons (Fsp3) is 0.400. The molecule has 100 valence electrons. The maximum Gasteiger partial charge on any atom is 0.318 e. The molecule has 0 atom stereocenters. The number of carboxylic acids is 4. The van der Waals surface area contributed by atoms with Crippen LogP contribution >= 0.6 is 0 Å². The molecule has 0 spiro atoms. The first-order valence-electron chi connectivity index (χ1n) is 4.83. The number of allylic oxidation sites excluding steroid dienone is 2. The summed E-state index contributed by atoms with van der Waals surface area (Å²) in [6, 6.07) is 0. The van der Waals surface area contributed by atoms with E-state index in [4.69, 9.17) is 20.4 Å². The van der Waals surface area contributed by atoms with Crippen molar-refractivity contribution in [3.8, 4) is 0 Å². The quantitative estimate of drug-likeness (QED) is 0.349. The summed E-state index contributed by atoms with van der Waals surface area (Å²) in [4.78, 5) is 41.9. The predicted molar refractivity (Wildman–Crippen MR) is 55.9 cm³/mol. The third-order valence-corrected chi connectivity index (χ3v) is 2.10. The van der Waals surface area contributed by atoms with Gasteiger partial charge in [-0.1, -0.05) is 12.2 Å². The minimum Gasteiger partial charge on any atom is -0.481 e. The Morgan fingerprint density at radius 1 is 0.667 bits per heavy atom. The molecule has 8 heteroatoms. The number of carboxylic acid groups (broad SMARTS) is 4. The van der Waals surface area contributed by atoms with Crippen LogP contribution in [0.15, 0.2) is 12.2 Å². The van der Waals surface area contributed by atoms with E-state index in [1.807, 2.05) is 0 Å². The molecule has 0 aliphatic rings. The van der Waals surface area contributed by atoms with Crippen LogP contribution in [0, 0.1) is 11.8 Å². The Morgan fingerprint density at radius 2 is 0.889 bits per heavy atom. The van der Waals surface area contributed by atoms with Crippen molar-refractivity contribution >= 4 is 23.9 Å². The first kappa shape index (κ1) is 15.6.